The van der Waals surface area contributed by atoms with E-state index in [0.29, 0.717) is 23.2 Å². The first-order valence-electron chi connectivity index (χ1n) is 7.56. The van der Waals surface area contributed by atoms with Crippen LogP contribution in [0, 0.1) is 0 Å². The Balaban J connectivity index is 1.63. The molecule has 0 saturated carbocycles. The van der Waals surface area contributed by atoms with Gasteiger partial charge in [0.1, 0.15) is 11.5 Å². The normalized spacial score (nSPS) is 10.8. The fourth-order valence-corrected chi connectivity index (χ4v) is 2.21. The Morgan fingerprint density at radius 2 is 1.72 bits per heavy atom. The van der Waals surface area contributed by atoms with Crippen molar-refractivity contribution in [2.45, 2.75) is 6.61 Å². The van der Waals surface area contributed by atoms with Gasteiger partial charge in [0.15, 0.2) is 6.61 Å². The van der Waals surface area contributed by atoms with Gasteiger partial charge < -0.3 is 18.8 Å². The van der Waals surface area contributed by atoms with Crippen LogP contribution in [-0.2, 0) is 11.4 Å². The van der Waals surface area contributed by atoms with E-state index >= 15 is 0 Å². The third-order valence-electron chi connectivity index (χ3n) is 3.41. The van der Waals surface area contributed by atoms with Gasteiger partial charge in [-0.05, 0) is 24.3 Å². The van der Waals surface area contributed by atoms with Crippen LogP contribution in [-0.4, -0.2) is 30.6 Å². The number of hydrogen-bond acceptors (Lipinski definition) is 7. The highest BCUT2D eigenvalue weighted by Gasteiger charge is 2.12. The summed E-state index contributed by atoms with van der Waals surface area (Å²) in [6.07, 6.45) is 1.57. The van der Waals surface area contributed by atoms with Crippen molar-refractivity contribution < 1.29 is 18.8 Å². The van der Waals surface area contributed by atoms with Crippen LogP contribution in [0.4, 0.5) is 0 Å². The van der Waals surface area contributed by atoms with Gasteiger partial charge in [-0.1, -0.05) is 34.6 Å². The van der Waals surface area contributed by atoms with Crippen molar-refractivity contribution in [3.05, 3.63) is 60.0 Å². The molecule has 0 fully saturated rings. The van der Waals surface area contributed by atoms with Gasteiger partial charge in [-0.3, -0.25) is 0 Å². The number of nitrogens with zero attached hydrogens (tertiary/aromatic N) is 3. The smallest absolute Gasteiger partial charge is 0.267 e. The van der Waals surface area contributed by atoms with E-state index in [1.807, 2.05) is 48.5 Å². The maximum atomic E-state index is 5.29. The maximum absolute atomic E-state index is 5.29. The number of hydrogen-bond donors (Lipinski definition) is 0. The minimum atomic E-state index is 0.0633. The van der Waals surface area contributed by atoms with Gasteiger partial charge in [0.25, 0.3) is 5.89 Å². The van der Waals surface area contributed by atoms with Crippen LogP contribution in [0.1, 0.15) is 11.5 Å². The number of benzene rings is 2. The zero-order valence-electron chi connectivity index (χ0n) is 13.9. The van der Waals surface area contributed by atoms with E-state index in [-0.39, 0.29) is 6.61 Å². The third-order valence-corrected chi connectivity index (χ3v) is 3.41. The lowest BCUT2D eigenvalue weighted by atomic mass is 10.2. The van der Waals surface area contributed by atoms with Crippen molar-refractivity contribution in [1.82, 2.24) is 10.1 Å². The average molecular weight is 339 g/mol. The van der Waals surface area contributed by atoms with Crippen molar-refractivity contribution in [1.29, 1.82) is 0 Å². The highest BCUT2D eigenvalue weighted by molar-refractivity contribution is 5.82. The standard InChI is InChI=1S/C18H17N3O4/c1-22-15-9-5-3-7-13(15)11-19-24-12-17-20-18(21-25-17)14-8-4-6-10-16(14)23-2/h3-11H,12H2,1-2H3/b19-11-. The first-order chi connectivity index (χ1) is 12.3. The van der Waals surface area contributed by atoms with Crippen molar-refractivity contribution in [3.63, 3.8) is 0 Å². The number of oxime groups is 1. The van der Waals surface area contributed by atoms with Crippen LogP contribution in [0.5, 0.6) is 11.5 Å². The fraction of sp³-hybridized carbons (Fsp3) is 0.167. The summed E-state index contributed by atoms with van der Waals surface area (Å²) in [6, 6.07) is 14.9. The molecule has 0 aliphatic heterocycles. The molecule has 0 amide bonds. The summed E-state index contributed by atoms with van der Waals surface area (Å²) < 4.78 is 15.7. The van der Waals surface area contributed by atoms with E-state index in [4.69, 9.17) is 18.8 Å². The van der Waals surface area contributed by atoms with E-state index in [9.17, 15) is 0 Å². The molecule has 25 heavy (non-hydrogen) atoms. The number of methoxy groups -OCH3 is 2. The molecule has 0 atom stereocenters. The molecular weight excluding hydrogens is 322 g/mol. The van der Waals surface area contributed by atoms with E-state index in [1.165, 1.54) is 0 Å². The number of aromatic nitrogens is 2. The molecule has 3 aromatic rings. The summed E-state index contributed by atoms with van der Waals surface area (Å²) >= 11 is 0. The first kappa shape index (κ1) is 16.5. The van der Waals surface area contributed by atoms with Gasteiger partial charge in [-0.15, -0.1) is 0 Å². The fourth-order valence-electron chi connectivity index (χ4n) is 2.21. The van der Waals surface area contributed by atoms with Gasteiger partial charge in [0.2, 0.25) is 5.82 Å². The Morgan fingerprint density at radius 3 is 2.52 bits per heavy atom. The van der Waals surface area contributed by atoms with E-state index in [2.05, 4.69) is 15.3 Å². The van der Waals surface area contributed by atoms with Crippen LogP contribution >= 0.6 is 0 Å². The molecule has 0 aliphatic rings. The quantitative estimate of drug-likeness (QED) is 0.485. The molecule has 1 heterocycles. The molecule has 0 spiro atoms. The third kappa shape index (κ3) is 3.95. The second-order valence-electron chi connectivity index (χ2n) is 4.96. The predicted octanol–water partition coefficient (Wildman–Crippen LogP) is 3.30. The zero-order valence-corrected chi connectivity index (χ0v) is 13.9. The second-order valence-corrected chi connectivity index (χ2v) is 4.96. The van der Waals surface area contributed by atoms with Gasteiger partial charge >= 0.3 is 0 Å². The van der Waals surface area contributed by atoms with Crippen LogP contribution in [0.15, 0.2) is 58.2 Å². The number of para-hydroxylation sites is 2. The number of ether oxygens (including phenoxy) is 2. The Labute approximate surface area is 144 Å². The largest absolute Gasteiger partial charge is 0.496 e. The summed E-state index contributed by atoms with van der Waals surface area (Å²) in [7, 11) is 3.20. The van der Waals surface area contributed by atoms with Crippen LogP contribution in [0.2, 0.25) is 0 Å². The Hall–Kier alpha value is -3.35. The molecule has 1 aromatic heterocycles. The molecule has 0 N–H and O–H groups in total. The molecule has 0 saturated heterocycles. The molecule has 0 radical (unpaired) electrons. The van der Waals surface area contributed by atoms with E-state index in [0.717, 1.165) is 11.1 Å². The summed E-state index contributed by atoms with van der Waals surface area (Å²) in [4.78, 5) is 9.50. The molecule has 0 unspecified atom stereocenters. The lowest BCUT2D eigenvalue weighted by Gasteiger charge is -2.03. The second kappa shape index (κ2) is 7.96. The minimum Gasteiger partial charge on any atom is -0.496 e. The van der Waals surface area contributed by atoms with Gasteiger partial charge in [-0.2, -0.15) is 4.98 Å². The highest BCUT2D eigenvalue weighted by atomic mass is 16.6. The highest BCUT2D eigenvalue weighted by Crippen LogP contribution is 2.27. The predicted molar refractivity (Wildman–Crippen MR) is 91.7 cm³/mol. The van der Waals surface area contributed by atoms with Crippen molar-refractivity contribution in [2.24, 2.45) is 5.16 Å². The average Bonchev–Trinajstić information content (AvgIpc) is 3.14. The van der Waals surface area contributed by atoms with Crippen LogP contribution in [0.25, 0.3) is 11.4 Å². The lowest BCUT2D eigenvalue weighted by Crippen LogP contribution is -1.92. The van der Waals surface area contributed by atoms with E-state index in [1.54, 1.807) is 20.4 Å². The van der Waals surface area contributed by atoms with Gasteiger partial charge in [0, 0.05) is 5.56 Å². The van der Waals surface area contributed by atoms with Crippen molar-refractivity contribution >= 4 is 6.21 Å². The molecule has 2 aromatic carbocycles. The maximum Gasteiger partial charge on any atom is 0.267 e. The Bertz CT molecular complexity index is 861. The number of rotatable bonds is 7. The molecule has 128 valence electrons. The van der Waals surface area contributed by atoms with Gasteiger partial charge in [0.05, 0.1) is 26.0 Å². The molecule has 3 rings (SSSR count). The summed E-state index contributed by atoms with van der Waals surface area (Å²) in [5.41, 5.74) is 1.56. The van der Waals surface area contributed by atoms with Crippen LogP contribution in [0.3, 0.4) is 0 Å². The van der Waals surface area contributed by atoms with Gasteiger partial charge in [-0.25, -0.2) is 0 Å². The monoisotopic (exact) mass is 339 g/mol. The molecule has 7 nitrogen and oxygen atoms in total. The molecular formula is C18H17N3O4. The Morgan fingerprint density at radius 1 is 1.00 bits per heavy atom. The van der Waals surface area contributed by atoms with Crippen molar-refractivity contribution in [3.8, 4) is 22.9 Å². The molecule has 0 bridgehead atoms. The topological polar surface area (TPSA) is 79.0 Å². The van der Waals surface area contributed by atoms with Crippen LogP contribution < -0.4 is 9.47 Å². The molecule has 7 heteroatoms. The summed E-state index contributed by atoms with van der Waals surface area (Å²) in [5, 5.41) is 7.85. The summed E-state index contributed by atoms with van der Waals surface area (Å²) in [6.45, 7) is 0.0633. The Kier molecular flexibility index (Phi) is 5.26. The SMILES string of the molecule is COc1ccccc1/C=N\OCc1nc(-c2ccccc2OC)no1. The van der Waals surface area contributed by atoms with E-state index < -0.39 is 0 Å². The zero-order chi connectivity index (χ0) is 17.5. The minimum absolute atomic E-state index is 0.0633. The molecule has 0 aliphatic carbocycles. The first-order valence-corrected chi connectivity index (χ1v) is 7.56. The van der Waals surface area contributed by atoms with Crippen molar-refractivity contribution in [2.75, 3.05) is 14.2 Å². The summed E-state index contributed by atoms with van der Waals surface area (Å²) in [5.74, 6) is 2.14. The lowest BCUT2D eigenvalue weighted by molar-refractivity contribution is 0.107.